The maximum atomic E-state index is 5.28. The number of aliphatic imine (C=N–C) groups is 1. The Morgan fingerprint density at radius 1 is 1.56 bits per heavy atom. The van der Waals surface area contributed by atoms with Crippen LogP contribution in [0.4, 0.5) is 5.69 Å². The summed E-state index contributed by atoms with van der Waals surface area (Å²) in [5, 5.41) is 4.99. The van der Waals surface area contributed by atoms with Crippen LogP contribution in [0, 0.1) is 0 Å². The molecule has 1 unspecified atom stereocenters. The second kappa shape index (κ2) is 6.48. The summed E-state index contributed by atoms with van der Waals surface area (Å²) in [6.07, 6.45) is 2.44. The Labute approximate surface area is 121 Å². The first-order valence-corrected chi connectivity index (χ1v) is 7.72. The third-order valence-corrected chi connectivity index (χ3v) is 4.56. The van der Waals surface area contributed by atoms with E-state index in [9.17, 15) is 0 Å². The Morgan fingerprint density at radius 2 is 2.39 bits per heavy atom. The number of halogens is 1. The number of rotatable bonds is 4. The van der Waals surface area contributed by atoms with Crippen LogP contribution in [-0.4, -0.2) is 24.1 Å². The summed E-state index contributed by atoms with van der Waals surface area (Å²) in [7, 11) is 1.67. The third kappa shape index (κ3) is 3.42. The number of benzene rings is 1. The zero-order valence-corrected chi connectivity index (χ0v) is 13.0. The Hall–Kier alpha value is -0.680. The standard InChI is InChI=1S/C13H17BrN2OS/c1-3-4-10-8-15-13(18-10)16-9-5-6-11(14)12(7-9)17-2/h5-7,10H,3-4,8H2,1-2H3,(H,15,16). The average molecular weight is 329 g/mol. The first-order valence-electron chi connectivity index (χ1n) is 6.04. The molecule has 1 aliphatic heterocycles. The van der Waals surface area contributed by atoms with Crippen molar-refractivity contribution < 1.29 is 4.74 Å². The first kappa shape index (κ1) is 13.7. The molecule has 1 heterocycles. The zero-order chi connectivity index (χ0) is 13.0. The summed E-state index contributed by atoms with van der Waals surface area (Å²) in [5.41, 5.74) is 1.01. The van der Waals surface area contributed by atoms with E-state index in [1.807, 2.05) is 30.0 Å². The van der Waals surface area contributed by atoms with Gasteiger partial charge in [-0.3, -0.25) is 4.99 Å². The molecule has 0 spiro atoms. The highest BCUT2D eigenvalue weighted by Gasteiger charge is 2.18. The molecule has 3 nitrogen and oxygen atoms in total. The lowest BCUT2D eigenvalue weighted by Gasteiger charge is -2.10. The Bertz CT molecular complexity index is 451. The highest BCUT2D eigenvalue weighted by atomic mass is 79.9. The molecular weight excluding hydrogens is 312 g/mol. The lowest BCUT2D eigenvalue weighted by molar-refractivity contribution is 0.412. The summed E-state index contributed by atoms with van der Waals surface area (Å²) < 4.78 is 6.23. The molecular formula is C13H17BrN2OS. The van der Waals surface area contributed by atoms with Gasteiger partial charge in [-0.05, 0) is 34.5 Å². The van der Waals surface area contributed by atoms with Crippen molar-refractivity contribution in [1.29, 1.82) is 0 Å². The molecule has 0 radical (unpaired) electrons. The molecule has 0 fully saturated rings. The molecule has 1 N–H and O–H groups in total. The van der Waals surface area contributed by atoms with Gasteiger partial charge in [-0.15, -0.1) is 0 Å². The average Bonchev–Trinajstić information content (AvgIpc) is 2.80. The van der Waals surface area contributed by atoms with E-state index in [0.717, 1.165) is 27.6 Å². The number of anilines is 1. The van der Waals surface area contributed by atoms with Gasteiger partial charge in [0.25, 0.3) is 0 Å². The number of methoxy groups -OCH3 is 1. The summed E-state index contributed by atoms with van der Waals surface area (Å²) >= 11 is 5.28. The van der Waals surface area contributed by atoms with Crippen LogP contribution in [0.15, 0.2) is 27.7 Å². The molecule has 98 valence electrons. The SMILES string of the molecule is CCCC1CN=C(Nc2ccc(Br)c(OC)c2)S1. The normalized spacial score (nSPS) is 18.6. The fourth-order valence-electron chi connectivity index (χ4n) is 1.82. The van der Waals surface area contributed by atoms with Crippen LogP contribution in [0.1, 0.15) is 19.8 Å². The Balaban J connectivity index is 1.98. The number of thioether (sulfide) groups is 1. The Kier molecular flexibility index (Phi) is 4.95. The minimum atomic E-state index is 0.634. The molecule has 2 rings (SSSR count). The van der Waals surface area contributed by atoms with Gasteiger partial charge in [0.05, 0.1) is 18.1 Å². The van der Waals surface area contributed by atoms with E-state index < -0.39 is 0 Å². The number of hydrogen-bond acceptors (Lipinski definition) is 4. The number of nitrogens with zero attached hydrogens (tertiary/aromatic N) is 1. The summed E-state index contributed by atoms with van der Waals surface area (Å²) in [5.74, 6) is 0.828. The van der Waals surface area contributed by atoms with Crippen molar-refractivity contribution >= 4 is 38.5 Å². The van der Waals surface area contributed by atoms with Crippen molar-refractivity contribution in [3.05, 3.63) is 22.7 Å². The smallest absolute Gasteiger partial charge is 0.161 e. The maximum absolute atomic E-state index is 5.28. The molecule has 1 atom stereocenters. The van der Waals surface area contributed by atoms with Crippen molar-refractivity contribution in [2.45, 2.75) is 25.0 Å². The van der Waals surface area contributed by atoms with E-state index in [1.165, 1.54) is 12.8 Å². The van der Waals surface area contributed by atoms with E-state index in [4.69, 9.17) is 4.74 Å². The van der Waals surface area contributed by atoms with Gasteiger partial charge in [0.2, 0.25) is 0 Å². The van der Waals surface area contributed by atoms with E-state index in [-0.39, 0.29) is 0 Å². The monoisotopic (exact) mass is 328 g/mol. The van der Waals surface area contributed by atoms with Crippen LogP contribution in [-0.2, 0) is 0 Å². The topological polar surface area (TPSA) is 33.6 Å². The van der Waals surface area contributed by atoms with Crippen LogP contribution in [0.25, 0.3) is 0 Å². The van der Waals surface area contributed by atoms with Gasteiger partial charge in [-0.1, -0.05) is 25.1 Å². The largest absolute Gasteiger partial charge is 0.495 e. The second-order valence-electron chi connectivity index (χ2n) is 4.15. The third-order valence-electron chi connectivity index (χ3n) is 2.73. The second-order valence-corrected chi connectivity index (χ2v) is 6.29. The molecule has 5 heteroatoms. The van der Waals surface area contributed by atoms with Gasteiger partial charge < -0.3 is 10.1 Å². The lowest BCUT2D eigenvalue weighted by atomic mass is 10.2. The molecule has 0 aromatic heterocycles. The summed E-state index contributed by atoms with van der Waals surface area (Å²) in [4.78, 5) is 4.52. The van der Waals surface area contributed by atoms with Gasteiger partial charge in [0.15, 0.2) is 5.17 Å². The molecule has 1 aromatic carbocycles. The van der Waals surface area contributed by atoms with Gasteiger partial charge in [0, 0.05) is 17.0 Å². The van der Waals surface area contributed by atoms with Gasteiger partial charge in [-0.2, -0.15) is 0 Å². The minimum absolute atomic E-state index is 0.634. The van der Waals surface area contributed by atoms with E-state index in [2.05, 4.69) is 33.2 Å². The number of amidine groups is 1. The Morgan fingerprint density at radius 3 is 3.11 bits per heavy atom. The maximum Gasteiger partial charge on any atom is 0.161 e. The summed E-state index contributed by atoms with van der Waals surface area (Å²) in [6.45, 7) is 3.14. The molecule has 0 saturated heterocycles. The van der Waals surface area contributed by atoms with Gasteiger partial charge >= 0.3 is 0 Å². The van der Waals surface area contributed by atoms with Crippen molar-refractivity contribution in [2.75, 3.05) is 19.0 Å². The molecule has 0 aliphatic carbocycles. The molecule has 0 amide bonds. The fourth-order valence-corrected chi connectivity index (χ4v) is 3.37. The van der Waals surface area contributed by atoms with Crippen molar-refractivity contribution in [2.24, 2.45) is 4.99 Å². The first-order chi connectivity index (χ1) is 8.72. The van der Waals surface area contributed by atoms with Gasteiger partial charge in [-0.25, -0.2) is 0 Å². The van der Waals surface area contributed by atoms with Crippen LogP contribution in [0.3, 0.4) is 0 Å². The lowest BCUT2D eigenvalue weighted by Crippen LogP contribution is -2.07. The highest BCUT2D eigenvalue weighted by Crippen LogP contribution is 2.30. The minimum Gasteiger partial charge on any atom is -0.495 e. The number of ether oxygens (including phenoxy) is 1. The molecule has 1 aromatic rings. The van der Waals surface area contributed by atoms with Crippen molar-refractivity contribution in [3.63, 3.8) is 0 Å². The fraction of sp³-hybridized carbons (Fsp3) is 0.462. The highest BCUT2D eigenvalue weighted by molar-refractivity contribution is 9.10. The van der Waals surface area contributed by atoms with Crippen LogP contribution in [0.5, 0.6) is 5.75 Å². The predicted octanol–water partition coefficient (Wildman–Crippen LogP) is 4.14. The van der Waals surface area contributed by atoms with Crippen LogP contribution >= 0.6 is 27.7 Å². The number of nitrogens with one attached hydrogen (secondary N) is 1. The van der Waals surface area contributed by atoms with E-state index in [0.29, 0.717) is 5.25 Å². The van der Waals surface area contributed by atoms with Crippen LogP contribution in [0.2, 0.25) is 0 Å². The number of hydrogen-bond donors (Lipinski definition) is 1. The summed E-state index contributed by atoms with van der Waals surface area (Å²) in [6, 6.07) is 5.97. The van der Waals surface area contributed by atoms with Crippen molar-refractivity contribution in [1.82, 2.24) is 0 Å². The van der Waals surface area contributed by atoms with Gasteiger partial charge in [0.1, 0.15) is 5.75 Å². The molecule has 1 aliphatic rings. The van der Waals surface area contributed by atoms with Crippen molar-refractivity contribution in [3.8, 4) is 5.75 Å². The van der Waals surface area contributed by atoms with E-state index >= 15 is 0 Å². The zero-order valence-electron chi connectivity index (χ0n) is 10.6. The van der Waals surface area contributed by atoms with Crippen LogP contribution < -0.4 is 10.1 Å². The quantitative estimate of drug-likeness (QED) is 0.901. The molecule has 18 heavy (non-hydrogen) atoms. The van der Waals surface area contributed by atoms with E-state index in [1.54, 1.807) is 7.11 Å². The predicted molar refractivity (Wildman–Crippen MR) is 82.9 cm³/mol. The molecule has 0 saturated carbocycles. The molecule has 0 bridgehead atoms.